The summed E-state index contributed by atoms with van der Waals surface area (Å²) in [5.41, 5.74) is 1.07. The topological polar surface area (TPSA) is 92.5 Å². The van der Waals surface area contributed by atoms with Crippen LogP contribution in [0.3, 0.4) is 0 Å². The number of hydrogen-bond acceptors (Lipinski definition) is 5. The number of para-hydroxylation sites is 1. The minimum atomic E-state index is -3.78. The van der Waals surface area contributed by atoms with E-state index >= 15 is 0 Å². The largest absolute Gasteiger partial charge is 0.360 e. The Kier molecular flexibility index (Phi) is 3.95. The van der Waals surface area contributed by atoms with Crippen molar-refractivity contribution in [3.63, 3.8) is 0 Å². The lowest BCUT2D eigenvalue weighted by atomic mass is 10.3. The van der Waals surface area contributed by atoms with Gasteiger partial charge >= 0.3 is 0 Å². The molecule has 1 N–H and O–H groups in total. The summed E-state index contributed by atoms with van der Waals surface area (Å²) >= 11 is 0. The van der Waals surface area contributed by atoms with Gasteiger partial charge in [-0.25, -0.2) is 13.1 Å². The fourth-order valence-corrected chi connectivity index (χ4v) is 4.34. The fourth-order valence-electron chi connectivity index (χ4n) is 2.78. The molecule has 1 saturated heterocycles. The first-order chi connectivity index (χ1) is 10.9. The molecule has 1 aliphatic rings. The van der Waals surface area contributed by atoms with E-state index in [0.717, 1.165) is 5.69 Å². The number of amides is 1. The highest BCUT2D eigenvalue weighted by Gasteiger charge is 2.35. The highest BCUT2D eigenvalue weighted by Crippen LogP contribution is 2.24. The first-order valence-corrected chi connectivity index (χ1v) is 8.67. The summed E-state index contributed by atoms with van der Waals surface area (Å²) in [6.45, 7) is 3.41. The molecule has 0 saturated carbocycles. The number of rotatable bonds is 4. The van der Waals surface area contributed by atoms with Gasteiger partial charge in [0.05, 0.1) is 0 Å². The van der Waals surface area contributed by atoms with E-state index in [1.165, 1.54) is 0 Å². The predicted molar refractivity (Wildman–Crippen MR) is 83.5 cm³/mol. The van der Waals surface area contributed by atoms with Gasteiger partial charge < -0.3 is 9.42 Å². The lowest BCUT2D eigenvalue weighted by Crippen LogP contribution is -2.37. The first-order valence-electron chi connectivity index (χ1n) is 7.19. The van der Waals surface area contributed by atoms with E-state index in [1.807, 2.05) is 30.3 Å². The molecule has 1 fully saturated rings. The van der Waals surface area contributed by atoms with E-state index in [-0.39, 0.29) is 23.0 Å². The Labute approximate surface area is 134 Å². The van der Waals surface area contributed by atoms with Gasteiger partial charge in [0, 0.05) is 24.7 Å². The lowest BCUT2D eigenvalue weighted by Gasteiger charge is -2.17. The number of anilines is 1. The molecule has 2 heterocycles. The van der Waals surface area contributed by atoms with E-state index in [2.05, 4.69) is 9.88 Å². The smallest absolute Gasteiger partial charge is 0.246 e. The molecule has 1 amide bonds. The third-order valence-electron chi connectivity index (χ3n) is 3.75. The normalized spacial score (nSPS) is 18.6. The Morgan fingerprint density at radius 2 is 1.96 bits per heavy atom. The standard InChI is InChI=1S/C15H17N3O4S/c1-10-15(11(2)22-16-10)23(20,21)17-12-8-14(19)18(9-12)13-6-4-3-5-7-13/h3-7,12,17H,8-9H2,1-2H3/t12-/m1/s1. The van der Waals surface area contributed by atoms with Crippen molar-refractivity contribution >= 4 is 21.6 Å². The predicted octanol–water partition coefficient (Wildman–Crippen LogP) is 1.38. The Bertz CT molecular complexity index is 810. The number of aryl methyl sites for hydroxylation is 2. The number of hydrogen-bond donors (Lipinski definition) is 1. The van der Waals surface area contributed by atoms with Crippen molar-refractivity contribution in [2.45, 2.75) is 31.2 Å². The van der Waals surface area contributed by atoms with Gasteiger partial charge in [-0.05, 0) is 26.0 Å². The van der Waals surface area contributed by atoms with Gasteiger partial charge in [0.15, 0.2) is 5.76 Å². The van der Waals surface area contributed by atoms with Crippen LogP contribution >= 0.6 is 0 Å². The molecule has 1 atom stereocenters. The van der Waals surface area contributed by atoms with Crippen molar-refractivity contribution in [2.24, 2.45) is 0 Å². The van der Waals surface area contributed by atoms with Crippen LogP contribution in [0.1, 0.15) is 17.9 Å². The van der Waals surface area contributed by atoms with Gasteiger partial charge in [-0.3, -0.25) is 4.79 Å². The van der Waals surface area contributed by atoms with E-state index in [4.69, 9.17) is 4.52 Å². The lowest BCUT2D eigenvalue weighted by molar-refractivity contribution is -0.117. The molecule has 0 bridgehead atoms. The summed E-state index contributed by atoms with van der Waals surface area (Å²) in [7, 11) is -3.78. The third-order valence-corrected chi connectivity index (χ3v) is 5.52. The van der Waals surface area contributed by atoms with E-state index in [9.17, 15) is 13.2 Å². The summed E-state index contributed by atoms with van der Waals surface area (Å²) < 4.78 is 32.5. The van der Waals surface area contributed by atoms with Crippen LogP contribution in [0.25, 0.3) is 0 Å². The number of carbonyl (C=O) groups is 1. The minimum absolute atomic E-state index is 0.0445. The molecule has 0 spiro atoms. The second-order valence-electron chi connectivity index (χ2n) is 5.52. The van der Waals surface area contributed by atoms with Crippen LogP contribution in [-0.4, -0.2) is 32.1 Å². The highest BCUT2D eigenvalue weighted by molar-refractivity contribution is 7.89. The molecule has 1 aromatic heterocycles. The molecule has 0 unspecified atom stereocenters. The van der Waals surface area contributed by atoms with Crippen molar-refractivity contribution in [3.8, 4) is 0 Å². The first kappa shape index (κ1) is 15.7. The average molecular weight is 335 g/mol. The van der Waals surface area contributed by atoms with Crippen LogP contribution in [0.2, 0.25) is 0 Å². The van der Waals surface area contributed by atoms with Gasteiger partial charge in [0.1, 0.15) is 10.6 Å². The SMILES string of the molecule is Cc1noc(C)c1S(=O)(=O)N[C@@H]1CC(=O)N(c2ccccc2)C1. The van der Waals surface area contributed by atoms with Gasteiger partial charge in [0.25, 0.3) is 0 Å². The average Bonchev–Trinajstić information content (AvgIpc) is 3.02. The summed E-state index contributed by atoms with van der Waals surface area (Å²) in [4.78, 5) is 13.8. The molecule has 7 nitrogen and oxygen atoms in total. The van der Waals surface area contributed by atoms with Crippen molar-refractivity contribution in [2.75, 3.05) is 11.4 Å². The van der Waals surface area contributed by atoms with Crippen LogP contribution in [0.4, 0.5) is 5.69 Å². The van der Waals surface area contributed by atoms with Gasteiger partial charge in [-0.2, -0.15) is 0 Å². The van der Waals surface area contributed by atoms with Crippen LogP contribution in [0, 0.1) is 13.8 Å². The molecule has 0 aliphatic carbocycles. The second-order valence-corrected chi connectivity index (χ2v) is 7.17. The summed E-state index contributed by atoms with van der Waals surface area (Å²) in [6, 6.07) is 8.70. The molecule has 122 valence electrons. The number of sulfonamides is 1. The summed E-state index contributed by atoms with van der Waals surface area (Å²) in [5, 5.41) is 3.66. The third kappa shape index (κ3) is 2.99. The van der Waals surface area contributed by atoms with Gasteiger partial charge in [0.2, 0.25) is 15.9 Å². The molecule has 3 rings (SSSR count). The Morgan fingerprint density at radius 1 is 1.26 bits per heavy atom. The number of nitrogens with zero attached hydrogens (tertiary/aromatic N) is 2. The molecule has 23 heavy (non-hydrogen) atoms. The zero-order valence-corrected chi connectivity index (χ0v) is 13.6. The van der Waals surface area contributed by atoms with Crippen LogP contribution < -0.4 is 9.62 Å². The fraction of sp³-hybridized carbons (Fsp3) is 0.333. The number of aromatic nitrogens is 1. The van der Waals surface area contributed by atoms with E-state index in [0.29, 0.717) is 12.2 Å². The molecule has 0 radical (unpaired) electrons. The van der Waals surface area contributed by atoms with E-state index < -0.39 is 16.1 Å². The molecule has 2 aromatic rings. The number of benzene rings is 1. The molecular formula is C15H17N3O4S. The Hall–Kier alpha value is -2.19. The van der Waals surface area contributed by atoms with Gasteiger partial charge in [-0.1, -0.05) is 23.4 Å². The van der Waals surface area contributed by atoms with Gasteiger partial charge in [-0.15, -0.1) is 0 Å². The van der Waals surface area contributed by atoms with Crippen LogP contribution in [0.5, 0.6) is 0 Å². The monoisotopic (exact) mass is 335 g/mol. The Balaban J connectivity index is 1.79. The van der Waals surface area contributed by atoms with Crippen molar-refractivity contribution in [1.29, 1.82) is 0 Å². The maximum atomic E-state index is 12.5. The zero-order chi connectivity index (χ0) is 16.6. The van der Waals surface area contributed by atoms with Crippen LogP contribution in [-0.2, 0) is 14.8 Å². The minimum Gasteiger partial charge on any atom is -0.360 e. The molecule has 8 heteroatoms. The maximum Gasteiger partial charge on any atom is 0.246 e. The molecular weight excluding hydrogens is 318 g/mol. The number of nitrogens with one attached hydrogen (secondary N) is 1. The second kappa shape index (κ2) is 5.78. The number of carbonyl (C=O) groups excluding carboxylic acids is 1. The van der Waals surface area contributed by atoms with Crippen LogP contribution in [0.15, 0.2) is 39.8 Å². The van der Waals surface area contributed by atoms with E-state index in [1.54, 1.807) is 18.7 Å². The van der Waals surface area contributed by atoms with Crippen molar-refractivity contribution in [3.05, 3.63) is 41.8 Å². The molecule has 1 aromatic carbocycles. The zero-order valence-electron chi connectivity index (χ0n) is 12.8. The maximum absolute atomic E-state index is 12.5. The van der Waals surface area contributed by atoms with Crippen molar-refractivity contribution < 1.29 is 17.7 Å². The molecule has 1 aliphatic heterocycles. The summed E-state index contributed by atoms with van der Waals surface area (Å²) in [6.07, 6.45) is 0.123. The Morgan fingerprint density at radius 3 is 2.57 bits per heavy atom. The quantitative estimate of drug-likeness (QED) is 0.911. The highest BCUT2D eigenvalue weighted by atomic mass is 32.2. The summed E-state index contributed by atoms with van der Waals surface area (Å²) in [5.74, 6) is 0.127. The van der Waals surface area contributed by atoms with Crippen molar-refractivity contribution in [1.82, 2.24) is 9.88 Å².